The number of methoxy groups -OCH3 is 2. The van der Waals surface area contributed by atoms with Crippen LogP contribution in [0.4, 0.5) is 5.69 Å². The number of amides is 2. The molecule has 2 aromatic carbocycles. The fraction of sp³-hybridized carbons (Fsp3) is 0.150. The van der Waals surface area contributed by atoms with E-state index >= 15 is 0 Å². The van der Waals surface area contributed by atoms with Gasteiger partial charge >= 0.3 is 0 Å². The Kier molecular flexibility index (Phi) is 6.12. The van der Waals surface area contributed by atoms with E-state index in [0.717, 1.165) is 5.56 Å². The van der Waals surface area contributed by atoms with Gasteiger partial charge in [0.05, 0.1) is 24.9 Å². The lowest BCUT2D eigenvalue weighted by Gasteiger charge is -2.29. The van der Waals surface area contributed by atoms with Crippen LogP contribution in [0.25, 0.3) is 6.08 Å². The van der Waals surface area contributed by atoms with Crippen molar-refractivity contribution in [2.75, 3.05) is 19.1 Å². The van der Waals surface area contributed by atoms with Gasteiger partial charge in [0.2, 0.25) is 0 Å². The molecule has 0 radical (unpaired) electrons. The molecular weight excluding hydrogens is 435 g/mol. The van der Waals surface area contributed by atoms with Crippen molar-refractivity contribution in [1.29, 1.82) is 0 Å². The molecule has 1 heterocycles. The number of carbonyl (C=O) groups excluding carboxylic acids is 2. The first kappa shape index (κ1) is 21.1. The van der Waals surface area contributed by atoms with Gasteiger partial charge in [0.25, 0.3) is 11.8 Å². The summed E-state index contributed by atoms with van der Waals surface area (Å²) in [5, 5.41) is 3.26. The smallest absolute Gasteiger partial charge is 0.270 e. The fourth-order valence-corrected chi connectivity index (χ4v) is 3.55. The number of thiocarbonyl (C=S) groups is 1. The Morgan fingerprint density at radius 2 is 1.79 bits per heavy atom. The Bertz CT molecular complexity index is 1070. The molecule has 9 heteroatoms. The summed E-state index contributed by atoms with van der Waals surface area (Å²) in [6.45, 7) is 1.84. The summed E-state index contributed by atoms with van der Waals surface area (Å²) in [7, 11) is 2.93. The first-order valence-electron chi connectivity index (χ1n) is 8.36. The number of hydrogen-bond donors (Lipinski definition) is 1. The van der Waals surface area contributed by atoms with Crippen LogP contribution < -0.4 is 19.7 Å². The third-order valence-electron chi connectivity index (χ3n) is 4.28. The highest BCUT2D eigenvalue weighted by Crippen LogP contribution is 2.37. The van der Waals surface area contributed by atoms with E-state index in [2.05, 4.69) is 5.32 Å². The molecular formula is C20H16Cl2N2O4S. The predicted octanol–water partition coefficient (Wildman–Crippen LogP) is 4.15. The molecule has 3 rings (SSSR count). The van der Waals surface area contributed by atoms with E-state index in [0.29, 0.717) is 27.8 Å². The third-order valence-corrected chi connectivity index (χ3v) is 5.25. The molecule has 2 aromatic rings. The lowest BCUT2D eigenvalue weighted by molar-refractivity contribution is -0.122. The SMILES string of the molecule is COc1cc(/C=C2\C(=O)NC(=S)N(c3ccc(C)c(Cl)c3)C2=O)cc(Cl)c1OC. The van der Waals surface area contributed by atoms with Crippen LogP contribution in [0.15, 0.2) is 35.9 Å². The van der Waals surface area contributed by atoms with Crippen LogP contribution >= 0.6 is 35.4 Å². The van der Waals surface area contributed by atoms with E-state index in [1.165, 1.54) is 25.2 Å². The number of aryl methyl sites for hydroxylation is 1. The fourth-order valence-electron chi connectivity index (χ4n) is 2.80. The van der Waals surface area contributed by atoms with Crippen LogP contribution in [0.1, 0.15) is 11.1 Å². The quantitative estimate of drug-likeness (QED) is 0.430. The first-order chi connectivity index (χ1) is 13.8. The maximum Gasteiger partial charge on any atom is 0.270 e. The highest BCUT2D eigenvalue weighted by molar-refractivity contribution is 7.80. The number of anilines is 1. The minimum Gasteiger partial charge on any atom is -0.493 e. The van der Waals surface area contributed by atoms with Gasteiger partial charge in [0.15, 0.2) is 16.6 Å². The monoisotopic (exact) mass is 450 g/mol. The Balaban J connectivity index is 2.06. The molecule has 0 aromatic heterocycles. The van der Waals surface area contributed by atoms with E-state index in [-0.39, 0.29) is 15.7 Å². The van der Waals surface area contributed by atoms with Crippen molar-refractivity contribution in [1.82, 2.24) is 5.32 Å². The highest BCUT2D eigenvalue weighted by atomic mass is 35.5. The molecule has 0 spiro atoms. The average Bonchev–Trinajstić information content (AvgIpc) is 2.67. The van der Waals surface area contributed by atoms with Crippen LogP contribution in [0.5, 0.6) is 11.5 Å². The predicted molar refractivity (Wildman–Crippen MR) is 117 cm³/mol. The number of ether oxygens (including phenoxy) is 2. The van der Waals surface area contributed by atoms with Crippen LogP contribution in [-0.4, -0.2) is 31.1 Å². The Hall–Kier alpha value is -2.61. The van der Waals surface area contributed by atoms with Gasteiger partial charge in [-0.15, -0.1) is 0 Å². The van der Waals surface area contributed by atoms with Gasteiger partial charge in [-0.1, -0.05) is 29.3 Å². The zero-order valence-electron chi connectivity index (χ0n) is 15.7. The summed E-state index contributed by atoms with van der Waals surface area (Å²) in [5.41, 5.74) is 1.68. The lowest BCUT2D eigenvalue weighted by atomic mass is 10.1. The number of nitrogens with zero attached hydrogens (tertiary/aromatic N) is 1. The molecule has 0 bridgehead atoms. The van der Waals surface area contributed by atoms with Crippen molar-refractivity contribution in [2.24, 2.45) is 0 Å². The summed E-state index contributed by atoms with van der Waals surface area (Å²) in [6.07, 6.45) is 1.41. The third kappa shape index (κ3) is 4.07. The van der Waals surface area contributed by atoms with Gasteiger partial charge in [-0.3, -0.25) is 19.8 Å². The number of hydrogen-bond acceptors (Lipinski definition) is 5. The minimum absolute atomic E-state index is 0.0255. The van der Waals surface area contributed by atoms with Crippen molar-refractivity contribution in [3.05, 3.63) is 57.1 Å². The largest absolute Gasteiger partial charge is 0.493 e. The summed E-state index contributed by atoms with van der Waals surface area (Å²) >= 11 is 17.6. The molecule has 1 aliphatic heterocycles. The van der Waals surface area contributed by atoms with Crippen LogP contribution in [0, 0.1) is 6.92 Å². The maximum atomic E-state index is 13.1. The Morgan fingerprint density at radius 1 is 1.07 bits per heavy atom. The number of rotatable bonds is 4. The van der Waals surface area contributed by atoms with E-state index in [4.69, 9.17) is 44.9 Å². The number of nitrogens with one attached hydrogen (secondary N) is 1. The standard InChI is InChI=1S/C20H16Cl2N2O4S/c1-10-4-5-12(9-14(10)21)24-19(26)13(18(25)23-20(24)29)6-11-7-15(22)17(28-3)16(8-11)27-2/h4-9H,1-3H3,(H,23,25,29)/b13-6+. The zero-order valence-corrected chi connectivity index (χ0v) is 18.0. The summed E-state index contributed by atoms with van der Waals surface area (Å²) in [4.78, 5) is 26.8. The van der Waals surface area contributed by atoms with Gasteiger partial charge in [0, 0.05) is 5.02 Å². The zero-order chi connectivity index (χ0) is 21.3. The van der Waals surface area contributed by atoms with E-state index in [9.17, 15) is 9.59 Å². The van der Waals surface area contributed by atoms with Gasteiger partial charge in [0.1, 0.15) is 5.57 Å². The average molecular weight is 451 g/mol. The van der Waals surface area contributed by atoms with E-state index in [1.807, 2.05) is 6.92 Å². The Labute approximate surface area is 183 Å². The summed E-state index contributed by atoms with van der Waals surface area (Å²) in [5.74, 6) is -0.467. The van der Waals surface area contributed by atoms with Crippen molar-refractivity contribution in [3.63, 3.8) is 0 Å². The lowest BCUT2D eigenvalue weighted by Crippen LogP contribution is -2.54. The second-order valence-corrected chi connectivity index (χ2v) is 7.33. The molecule has 1 fully saturated rings. The van der Waals surface area contributed by atoms with Crippen LogP contribution in [0.3, 0.4) is 0 Å². The molecule has 1 N–H and O–H groups in total. The summed E-state index contributed by atoms with van der Waals surface area (Å²) < 4.78 is 10.5. The summed E-state index contributed by atoms with van der Waals surface area (Å²) in [6, 6.07) is 8.26. The van der Waals surface area contributed by atoms with Gasteiger partial charge in [-0.25, -0.2) is 0 Å². The van der Waals surface area contributed by atoms with Crippen molar-refractivity contribution >= 4 is 64.1 Å². The molecule has 150 valence electrons. The molecule has 1 saturated heterocycles. The second-order valence-electron chi connectivity index (χ2n) is 6.13. The van der Waals surface area contributed by atoms with Gasteiger partial charge in [-0.05, 0) is 60.6 Å². The highest BCUT2D eigenvalue weighted by Gasteiger charge is 2.34. The molecule has 0 aliphatic carbocycles. The minimum atomic E-state index is -0.611. The molecule has 2 amide bonds. The van der Waals surface area contributed by atoms with Crippen LogP contribution in [-0.2, 0) is 9.59 Å². The number of benzene rings is 2. The topological polar surface area (TPSA) is 67.9 Å². The van der Waals surface area contributed by atoms with Gasteiger partial charge in [-0.2, -0.15) is 0 Å². The normalized spacial score (nSPS) is 15.6. The molecule has 0 saturated carbocycles. The first-order valence-corrected chi connectivity index (χ1v) is 9.52. The van der Waals surface area contributed by atoms with Gasteiger partial charge < -0.3 is 9.47 Å². The number of carbonyl (C=O) groups is 2. The van der Waals surface area contributed by atoms with E-state index < -0.39 is 11.8 Å². The molecule has 0 atom stereocenters. The molecule has 6 nitrogen and oxygen atoms in total. The van der Waals surface area contributed by atoms with Crippen molar-refractivity contribution in [2.45, 2.75) is 6.92 Å². The molecule has 29 heavy (non-hydrogen) atoms. The van der Waals surface area contributed by atoms with Crippen molar-refractivity contribution < 1.29 is 19.1 Å². The molecule has 1 aliphatic rings. The molecule has 0 unspecified atom stereocenters. The van der Waals surface area contributed by atoms with Crippen molar-refractivity contribution in [3.8, 4) is 11.5 Å². The second kappa shape index (κ2) is 8.41. The van der Waals surface area contributed by atoms with Crippen LogP contribution in [0.2, 0.25) is 10.0 Å². The Morgan fingerprint density at radius 3 is 2.41 bits per heavy atom. The number of halogens is 2. The maximum absolute atomic E-state index is 13.1. The van der Waals surface area contributed by atoms with E-state index in [1.54, 1.807) is 30.3 Å².